The van der Waals surface area contributed by atoms with E-state index in [-0.39, 0.29) is 16.7 Å². The molecule has 0 amide bonds. The van der Waals surface area contributed by atoms with Gasteiger partial charge in [0.15, 0.2) is 5.22 Å². The molecule has 1 atom stereocenters. The fourth-order valence-corrected chi connectivity index (χ4v) is 1.08. The Balaban J connectivity index is 2.83. The Labute approximate surface area is 75.3 Å². The lowest BCUT2D eigenvalue weighted by molar-refractivity contribution is -0.133. The van der Waals surface area contributed by atoms with E-state index in [4.69, 9.17) is 21.4 Å². The molecule has 0 radical (unpaired) electrons. The third-order valence-corrected chi connectivity index (χ3v) is 1.95. The maximum absolute atomic E-state index is 10.6. The quantitative estimate of drug-likeness (QED) is 0.686. The molecule has 1 rings (SSSR count). The first kappa shape index (κ1) is 9.13. The van der Waals surface area contributed by atoms with E-state index in [9.17, 15) is 4.79 Å². The van der Waals surface area contributed by atoms with Crippen molar-refractivity contribution in [2.75, 3.05) is 0 Å². The van der Waals surface area contributed by atoms with Gasteiger partial charge < -0.3 is 9.84 Å². The molecule has 0 aromatic rings. The highest BCUT2D eigenvalue weighted by molar-refractivity contribution is 6.28. The third-order valence-electron chi connectivity index (χ3n) is 1.71. The zero-order valence-corrected chi connectivity index (χ0v) is 7.34. The fourth-order valence-electron chi connectivity index (χ4n) is 0.942. The van der Waals surface area contributed by atoms with Gasteiger partial charge in [0, 0.05) is 0 Å². The first-order valence-electron chi connectivity index (χ1n) is 3.57. The Kier molecular flexibility index (Phi) is 2.76. The zero-order valence-electron chi connectivity index (χ0n) is 6.58. The van der Waals surface area contributed by atoms with Crippen molar-refractivity contribution in [1.29, 1.82) is 0 Å². The Morgan fingerprint density at radius 2 is 2.50 bits per heavy atom. The molecular weight excluding hydrogens is 180 g/mol. The van der Waals surface area contributed by atoms with Crippen LogP contribution >= 0.6 is 11.6 Å². The van der Waals surface area contributed by atoms with Crippen LogP contribution in [0.25, 0.3) is 0 Å². The van der Waals surface area contributed by atoms with Gasteiger partial charge in [0.1, 0.15) is 6.26 Å². The molecular formula is C8H9ClO3. The number of carbonyl (C=O) groups is 1. The van der Waals surface area contributed by atoms with Crippen LogP contribution < -0.4 is 0 Å². The molecule has 0 spiro atoms. The lowest BCUT2D eigenvalue weighted by Crippen LogP contribution is -2.08. The number of hydrogen-bond acceptors (Lipinski definition) is 2. The maximum atomic E-state index is 10.6. The number of carboxylic acid groups (broad SMARTS) is 1. The van der Waals surface area contributed by atoms with Gasteiger partial charge in [-0.25, -0.2) is 4.79 Å². The van der Waals surface area contributed by atoms with Crippen LogP contribution in [0.4, 0.5) is 0 Å². The molecule has 1 aliphatic rings. The number of allylic oxidation sites excluding steroid dienone is 1. The van der Waals surface area contributed by atoms with Gasteiger partial charge in [0.25, 0.3) is 0 Å². The van der Waals surface area contributed by atoms with Gasteiger partial charge in [-0.05, 0) is 30.0 Å². The van der Waals surface area contributed by atoms with Crippen LogP contribution in [0.1, 0.15) is 13.3 Å². The van der Waals surface area contributed by atoms with Crippen molar-refractivity contribution in [2.24, 2.45) is 5.92 Å². The molecule has 0 aromatic carbocycles. The standard InChI is InChI=1S/C8H9ClO3/c1-5-2-3-7(9)12-4-6(5)8(10)11/h3-5H,2H2,1H3,(H,10,11). The first-order chi connectivity index (χ1) is 5.61. The number of halogens is 1. The number of rotatable bonds is 1. The summed E-state index contributed by atoms with van der Waals surface area (Å²) in [4.78, 5) is 10.6. The number of hydrogen-bond donors (Lipinski definition) is 1. The van der Waals surface area contributed by atoms with Crippen molar-refractivity contribution < 1.29 is 14.6 Å². The van der Waals surface area contributed by atoms with E-state index in [2.05, 4.69) is 0 Å². The van der Waals surface area contributed by atoms with Gasteiger partial charge in [-0.1, -0.05) is 6.92 Å². The Bertz CT molecular complexity index is 255. The van der Waals surface area contributed by atoms with Crippen LogP contribution in [0.2, 0.25) is 0 Å². The van der Waals surface area contributed by atoms with E-state index >= 15 is 0 Å². The normalized spacial score (nSPS) is 23.3. The molecule has 12 heavy (non-hydrogen) atoms. The van der Waals surface area contributed by atoms with Crippen LogP contribution in [-0.4, -0.2) is 11.1 Å². The highest BCUT2D eigenvalue weighted by Crippen LogP contribution is 2.22. The number of carboxylic acids is 1. The van der Waals surface area contributed by atoms with E-state index < -0.39 is 5.97 Å². The van der Waals surface area contributed by atoms with E-state index in [0.717, 1.165) is 0 Å². The van der Waals surface area contributed by atoms with Crippen molar-refractivity contribution in [3.8, 4) is 0 Å². The summed E-state index contributed by atoms with van der Waals surface area (Å²) in [5, 5.41) is 8.94. The highest BCUT2D eigenvalue weighted by Gasteiger charge is 2.18. The molecule has 0 saturated carbocycles. The second kappa shape index (κ2) is 3.63. The van der Waals surface area contributed by atoms with Crippen LogP contribution in [0.15, 0.2) is 23.1 Å². The van der Waals surface area contributed by atoms with E-state index in [0.29, 0.717) is 6.42 Å². The third kappa shape index (κ3) is 2.01. The molecule has 4 heteroatoms. The smallest absolute Gasteiger partial charge is 0.334 e. The van der Waals surface area contributed by atoms with E-state index in [1.807, 2.05) is 6.92 Å². The second-order valence-electron chi connectivity index (χ2n) is 2.64. The van der Waals surface area contributed by atoms with Crippen LogP contribution in [-0.2, 0) is 9.53 Å². The summed E-state index contributed by atoms with van der Waals surface area (Å²) in [5.74, 6) is -1.01. The largest absolute Gasteiger partial charge is 0.478 e. The Hall–Kier alpha value is -0.960. The number of ether oxygens (including phenoxy) is 1. The molecule has 0 bridgehead atoms. The molecule has 0 saturated heterocycles. The van der Waals surface area contributed by atoms with Gasteiger partial charge in [-0.15, -0.1) is 0 Å². The zero-order chi connectivity index (χ0) is 9.14. The molecule has 0 fully saturated rings. The molecule has 1 N–H and O–H groups in total. The summed E-state index contributed by atoms with van der Waals surface area (Å²) < 4.78 is 4.83. The molecule has 0 aromatic heterocycles. The van der Waals surface area contributed by atoms with Crippen molar-refractivity contribution in [1.82, 2.24) is 0 Å². The Morgan fingerprint density at radius 3 is 3.08 bits per heavy atom. The van der Waals surface area contributed by atoms with Crippen LogP contribution in [0.3, 0.4) is 0 Å². The minimum Gasteiger partial charge on any atom is -0.478 e. The summed E-state index contributed by atoms with van der Waals surface area (Å²) in [6.07, 6.45) is 3.45. The van der Waals surface area contributed by atoms with E-state index in [1.54, 1.807) is 6.08 Å². The molecule has 66 valence electrons. The van der Waals surface area contributed by atoms with Crippen molar-refractivity contribution >= 4 is 17.6 Å². The van der Waals surface area contributed by atoms with Gasteiger partial charge in [-0.2, -0.15) is 0 Å². The Morgan fingerprint density at radius 1 is 1.83 bits per heavy atom. The predicted molar refractivity (Wildman–Crippen MR) is 44.5 cm³/mol. The molecule has 0 aliphatic carbocycles. The van der Waals surface area contributed by atoms with Crippen molar-refractivity contribution in [2.45, 2.75) is 13.3 Å². The average molecular weight is 189 g/mol. The topological polar surface area (TPSA) is 46.5 Å². The lowest BCUT2D eigenvalue weighted by Gasteiger charge is -2.05. The minimum atomic E-state index is -0.956. The summed E-state index contributed by atoms with van der Waals surface area (Å²) in [7, 11) is 0. The number of aliphatic carboxylic acids is 1. The molecule has 1 aliphatic heterocycles. The van der Waals surface area contributed by atoms with Gasteiger partial charge in [0.2, 0.25) is 0 Å². The first-order valence-corrected chi connectivity index (χ1v) is 3.94. The van der Waals surface area contributed by atoms with Gasteiger partial charge in [0.05, 0.1) is 5.57 Å². The van der Waals surface area contributed by atoms with Crippen molar-refractivity contribution in [3.05, 3.63) is 23.1 Å². The summed E-state index contributed by atoms with van der Waals surface area (Å²) >= 11 is 5.56. The average Bonchev–Trinajstić information content (AvgIpc) is 2.14. The van der Waals surface area contributed by atoms with Crippen LogP contribution in [0.5, 0.6) is 0 Å². The summed E-state index contributed by atoms with van der Waals surface area (Å²) in [6, 6.07) is 0. The monoisotopic (exact) mass is 188 g/mol. The molecule has 1 unspecified atom stereocenters. The maximum Gasteiger partial charge on any atom is 0.334 e. The second-order valence-corrected chi connectivity index (χ2v) is 3.01. The summed E-state index contributed by atoms with van der Waals surface area (Å²) in [6.45, 7) is 1.81. The summed E-state index contributed by atoms with van der Waals surface area (Å²) in [5.41, 5.74) is 0.252. The SMILES string of the molecule is CC1CC=C(Cl)OC=C1C(=O)O. The van der Waals surface area contributed by atoms with E-state index in [1.165, 1.54) is 6.26 Å². The fraction of sp³-hybridized carbons (Fsp3) is 0.375. The minimum absolute atomic E-state index is 0.0567. The highest BCUT2D eigenvalue weighted by atomic mass is 35.5. The van der Waals surface area contributed by atoms with Crippen molar-refractivity contribution in [3.63, 3.8) is 0 Å². The molecule has 3 nitrogen and oxygen atoms in total. The predicted octanol–water partition coefficient (Wildman–Crippen LogP) is 2.09. The van der Waals surface area contributed by atoms with Gasteiger partial charge in [-0.3, -0.25) is 0 Å². The molecule has 1 heterocycles. The van der Waals surface area contributed by atoms with Gasteiger partial charge >= 0.3 is 5.97 Å². The van der Waals surface area contributed by atoms with Crippen LogP contribution in [0, 0.1) is 5.92 Å². The lowest BCUT2D eigenvalue weighted by atomic mass is 9.99.